The van der Waals surface area contributed by atoms with Gasteiger partial charge >= 0.3 is 18.0 Å². The number of benzene rings is 1. The van der Waals surface area contributed by atoms with E-state index in [4.69, 9.17) is 4.74 Å². The van der Waals surface area contributed by atoms with E-state index in [9.17, 15) is 24.3 Å². The molecule has 0 fully saturated rings. The lowest BCUT2D eigenvalue weighted by atomic mass is 10.1. The van der Waals surface area contributed by atoms with Gasteiger partial charge in [-0.2, -0.15) is 0 Å². The fourth-order valence-electron chi connectivity index (χ4n) is 2.31. The lowest BCUT2D eigenvalue weighted by Crippen LogP contribution is -2.56. The first-order chi connectivity index (χ1) is 13.8. The van der Waals surface area contributed by atoms with Crippen molar-refractivity contribution in [2.24, 2.45) is 0 Å². The van der Waals surface area contributed by atoms with Crippen LogP contribution in [0.1, 0.15) is 25.3 Å². The number of alkyl carbamates (subject to hydrolysis) is 1. The molecular formula is C19H26N2O8. The Bertz CT molecular complexity index is 693. The van der Waals surface area contributed by atoms with Crippen molar-refractivity contribution in [3.05, 3.63) is 35.9 Å². The molecule has 0 bridgehead atoms. The van der Waals surface area contributed by atoms with Crippen LogP contribution in [-0.2, 0) is 35.2 Å². The number of amides is 2. The summed E-state index contributed by atoms with van der Waals surface area (Å²) in [6.07, 6.45) is -2.41. The third-order valence-corrected chi connectivity index (χ3v) is 3.92. The minimum absolute atomic E-state index is 0.0231. The van der Waals surface area contributed by atoms with Crippen LogP contribution in [0.15, 0.2) is 30.3 Å². The minimum atomic E-state index is -1.39. The number of carbonyl (C=O) groups is 4. The Balaban J connectivity index is 2.69. The Morgan fingerprint density at radius 2 is 1.69 bits per heavy atom. The first-order valence-corrected chi connectivity index (χ1v) is 8.88. The molecule has 0 spiro atoms. The van der Waals surface area contributed by atoms with Crippen molar-refractivity contribution in [1.29, 1.82) is 0 Å². The van der Waals surface area contributed by atoms with E-state index >= 15 is 0 Å². The molecule has 10 nitrogen and oxygen atoms in total. The third-order valence-electron chi connectivity index (χ3n) is 3.92. The molecule has 0 radical (unpaired) electrons. The van der Waals surface area contributed by atoms with Gasteiger partial charge in [-0.05, 0) is 18.9 Å². The van der Waals surface area contributed by atoms with E-state index in [0.717, 1.165) is 12.7 Å². The van der Waals surface area contributed by atoms with E-state index < -0.39 is 42.1 Å². The van der Waals surface area contributed by atoms with Crippen molar-refractivity contribution < 1.29 is 38.5 Å². The molecule has 3 N–H and O–H groups in total. The normalized spacial score (nSPS) is 13.4. The van der Waals surface area contributed by atoms with Gasteiger partial charge in [0.15, 0.2) is 0 Å². The second-order valence-corrected chi connectivity index (χ2v) is 6.12. The van der Waals surface area contributed by atoms with Crippen LogP contribution in [0.4, 0.5) is 4.79 Å². The molecular weight excluding hydrogens is 384 g/mol. The van der Waals surface area contributed by atoms with Crippen LogP contribution < -0.4 is 10.6 Å². The maximum absolute atomic E-state index is 12.5. The molecule has 0 aliphatic carbocycles. The number of rotatable bonds is 10. The van der Waals surface area contributed by atoms with Gasteiger partial charge in [0.25, 0.3) is 0 Å². The number of methoxy groups -OCH3 is 2. The second kappa shape index (κ2) is 12.3. The molecule has 1 aromatic rings. The van der Waals surface area contributed by atoms with E-state index in [-0.39, 0.29) is 19.4 Å². The lowest BCUT2D eigenvalue weighted by Gasteiger charge is -2.23. The molecule has 10 heteroatoms. The van der Waals surface area contributed by atoms with Gasteiger partial charge in [0, 0.05) is 6.42 Å². The van der Waals surface area contributed by atoms with Crippen molar-refractivity contribution in [2.45, 2.75) is 44.6 Å². The molecule has 0 heterocycles. The van der Waals surface area contributed by atoms with Crippen LogP contribution in [0.5, 0.6) is 0 Å². The fraction of sp³-hybridized carbons (Fsp3) is 0.474. The monoisotopic (exact) mass is 410 g/mol. The van der Waals surface area contributed by atoms with Gasteiger partial charge in [-0.1, -0.05) is 30.3 Å². The highest BCUT2D eigenvalue weighted by molar-refractivity contribution is 5.90. The van der Waals surface area contributed by atoms with Crippen LogP contribution in [0.2, 0.25) is 0 Å². The van der Waals surface area contributed by atoms with E-state index in [1.165, 1.54) is 14.0 Å². The standard InChI is InChI=1S/C19H26N2O8/c1-12(22)16(21-19(26)29-11-13-7-5-4-6-8-13)17(24)20-14(18(25)28-3)9-10-15(23)27-2/h4-8,12,14,16,22H,9-11H2,1-3H3,(H,20,24)(H,21,26)/t12-,14-,16+/m1/s1. The predicted octanol–water partition coefficient (Wildman–Crippen LogP) is 0.273. The van der Waals surface area contributed by atoms with E-state index in [0.29, 0.717) is 0 Å². The largest absolute Gasteiger partial charge is 0.469 e. The molecule has 0 aromatic heterocycles. The summed E-state index contributed by atoms with van der Waals surface area (Å²) in [5.74, 6) is -2.18. The van der Waals surface area contributed by atoms with Crippen LogP contribution in [0.25, 0.3) is 0 Å². The van der Waals surface area contributed by atoms with Crippen molar-refractivity contribution in [1.82, 2.24) is 10.6 Å². The molecule has 2 amide bonds. The Morgan fingerprint density at radius 1 is 1.03 bits per heavy atom. The number of ether oxygens (including phenoxy) is 3. The van der Waals surface area contributed by atoms with Gasteiger partial charge in [-0.15, -0.1) is 0 Å². The van der Waals surface area contributed by atoms with E-state index in [1.807, 2.05) is 6.07 Å². The number of carbonyl (C=O) groups excluding carboxylic acids is 4. The number of aliphatic hydroxyl groups excluding tert-OH is 1. The predicted molar refractivity (Wildman–Crippen MR) is 100 cm³/mol. The van der Waals surface area contributed by atoms with Gasteiger partial charge in [-0.25, -0.2) is 9.59 Å². The first kappa shape index (κ1) is 23.9. The molecule has 1 rings (SSSR count). The molecule has 3 atom stereocenters. The summed E-state index contributed by atoms with van der Waals surface area (Å²) in [6, 6.07) is 6.35. The third kappa shape index (κ3) is 8.60. The molecule has 0 aliphatic heterocycles. The van der Waals surface area contributed by atoms with Crippen molar-refractivity contribution >= 4 is 23.9 Å². The quantitative estimate of drug-likeness (QED) is 0.369. The van der Waals surface area contributed by atoms with Gasteiger partial charge in [-0.3, -0.25) is 9.59 Å². The van der Waals surface area contributed by atoms with Crippen LogP contribution in [-0.4, -0.2) is 61.5 Å². The number of esters is 2. The molecule has 29 heavy (non-hydrogen) atoms. The Morgan fingerprint density at radius 3 is 2.24 bits per heavy atom. The average molecular weight is 410 g/mol. The maximum Gasteiger partial charge on any atom is 0.408 e. The Kier molecular flexibility index (Phi) is 10.2. The highest BCUT2D eigenvalue weighted by Gasteiger charge is 2.31. The van der Waals surface area contributed by atoms with Crippen LogP contribution in [0.3, 0.4) is 0 Å². The van der Waals surface area contributed by atoms with E-state index in [2.05, 4.69) is 20.1 Å². The van der Waals surface area contributed by atoms with Crippen molar-refractivity contribution in [2.75, 3.05) is 14.2 Å². The number of nitrogens with one attached hydrogen (secondary N) is 2. The van der Waals surface area contributed by atoms with Gasteiger partial charge in [0.2, 0.25) is 5.91 Å². The molecule has 160 valence electrons. The topological polar surface area (TPSA) is 140 Å². The second-order valence-electron chi connectivity index (χ2n) is 6.12. The highest BCUT2D eigenvalue weighted by atomic mass is 16.5. The van der Waals surface area contributed by atoms with Gasteiger partial charge in [0.1, 0.15) is 18.7 Å². The average Bonchev–Trinajstić information content (AvgIpc) is 2.72. The Labute approximate surface area is 168 Å². The number of aliphatic hydroxyl groups is 1. The van der Waals surface area contributed by atoms with Crippen molar-refractivity contribution in [3.8, 4) is 0 Å². The summed E-state index contributed by atoms with van der Waals surface area (Å²) < 4.78 is 14.1. The van der Waals surface area contributed by atoms with Crippen LogP contribution >= 0.6 is 0 Å². The first-order valence-electron chi connectivity index (χ1n) is 8.88. The zero-order valence-electron chi connectivity index (χ0n) is 16.5. The van der Waals surface area contributed by atoms with Crippen LogP contribution in [0, 0.1) is 0 Å². The molecule has 0 unspecified atom stereocenters. The SMILES string of the molecule is COC(=O)CC[C@@H](NC(=O)[C@@H](NC(=O)OCc1ccccc1)[C@@H](C)O)C(=O)OC. The van der Waals surface area contributed by atoms with Gasteiger partial charge < -0.3 is 30.0 Å². The molecule has 0 aliphatic rings. The molecule has 1 aromatic carbocycles. The van der Waals surface area contributed by atoms with Gasteiger partial charge in [0.05, 0.1) is 20.3 Å². The summed E-state index contributed by atoms with van der Waals surface area (Å²) in [5.41, 5.74) is 0.745. The highest BCUT2D eigenvalue weighted by Crippen LogP contribution is 2.05. The smallest absolute Gasteiger partial charge is 0.408 e. The van der Waals surface area contributed by atoms with Crippen molar-refractivity contribution in [3.63, 3.8) is 0 Å². The lowest BCUT2D eigenvalue weighted by molar-refractivity contribution is -0.147. The summed E-state index contributed by atoms with van der Waals surface area (Å²) >= 11 is 0. The zero-order valence-corrected chi connectivity index (χ0v) is 16.5. The fourth-order valence-corrected chi connectivity index (χ4v) is 2.31. The molecule has 0 saturated carbocycles. The minimum Gasteiger partial charge on any atom is -0.469 e. The molecule has 0 saturated heterocycles. The maximum atomic E-state index is 12.5. The Hall–Kier alpha value is -3.14. The number of hydrogen-bond donors (Lipinski definition) is 3. The van der Waals surface area contributed by atoms with E-state index in [1.54, 1.807) is 24.3 Å². The summed E-state index contributed by atoms with van der Waals surface area (Å²) in [5, 5.41) is 14.5. The number of hydrogen-bond acceptors (Lipinski definition) is 8. The summed E-state index contributed by atoms with van der Waals surface area (Å²) in [7, 11) is 2.33. The summed E-state index contributed by atoms with van der Waals surface area (Å²) in [6.45, 7) is 1.27. The summed E-state index contributed by atoms with van der Waals surface area (Å²) in [4.78, 5) is 47.6. The zero-order chi connectivity index (χ0) is 21.8.